The zero-order valence-corrected chi connectivity index (χ0v) is 15.0. The molecule has 0 saturated heterocycles. The van der Waals surface area contributed by atoms with Crippen molar-refractivity contribution in [3.05, 3.63) is 62.7 Å². The predicted octanol–water partition coefficient (Wildman–Crippen LogP) is 0.529. The van der Waals surface area contributed by atoms with Crippen LogP contribution in [0.3, 0.4) is 0 Å². The number of fused-ring (bicyclic) bond motifs is 1. The smallest absolute Gasteiger partial charge is 0.272 e. The van der Waals surface area contributed by atoms with E-state index in [0.29, 0.717) is 17.6 Å². The maximum atomic E-state index is 12.4. The minimum absolute atomic E-state index is 0.104. The molecule has 1 atom stereocenters. The van der Waals surface area contributed by atoms with Crippen LogP contribution in [0.25, 0.3) is 10.8 Å². The molecule has 0 radical (unpaired) electrons. The summed E-state index contributed by atoms with van der Waals surface area (Å²) in [7, 11) is 4.15. The average Bonchev–Trinajstić information content (AvgIpc) is 3.12. The third-order valence-electron chi connectivity index (χ3n) is 4.19. The highest BCUT2D eigenvalue weighted by Gasteiger charge is 2.20. The summed E-state index contributed by atoms with van der Waals surface area (Å²) in [6.45, 7) is 0.558. The predicted molar refractivity (Wildman–Crippen MR) is 98.9 cm³/mol. The highest BCUT2D eigenvalue weighted by atomic mass is 32.1. The van der Waals surface area contributed by atoms with Gasteiger partial charge in [0.15, 0.2) is 0 Å². The highest BCUT2D eigenvalue weighted by molar-refractivity contribution is 7.10. The van der Waals surface area contributed by atoms with Crippen LogP contribution in [-0.2, 0) is 11.2 Å². The Kier molecular flexibility index (Phi) is 5.25. The molecule has 0 unspecified atom stereocenters. The van der Waals surface area contributed by atoms with Crippen LogP contribution in [0, 0.1) is 0 Å². The molecule has 0 saturated carbocycles. The molecule has 2 heterocycles. The summed E-state index contributed by atoms with van der Waals surface area (Å²) in [5, 5.41) is 12.8. The number of benzene rings is 1. The van der Waals surface area contributed by atoms with E-state index < -0.39 is 0 Å². The van der Waals surface area contributed by atoms with Gasteiger partial charge in [0.1, 0.15) is 6.04 Å². The summed E-state index contributed by atoms with van der Waals surface area (Å²) >= 11 is 1.69. The molecule has 25 heavy (non-hydrogen) atoms. The lowest BCUT2D eigenvalue weighted by Gasteiger charge is -2.20. The maximum absolute atomic E-state index is 12.4. The number of rotatable bonds is 6. The van der Waals surface area contributed by atoms with Crippen molar-refractivity contribution in [2.24, 2.45) is 0 Å². The number of aromatic nitrogens is 2. The average molecular weight is 357 g/mol. The van der Waals surface area contributed by atoms with Crippen LogP contribution in [0.5, 0.6) is 0 Å². The number of carbonyl (C=O) groups excluding carboxylic acids is 1. The van der Waals surface area contributed by atoms with Crippen LogP contribution in [0.1, 0.15) is 16.6 Å². The highest BCUT2D eigenvalue weighted by Crippen LogP contribution is 2.16. The summed E-state index contributed by atoms with van der Waals surface area (Å²) < 4.78 is 0. The second-order valence-corrected chi connectivity index (χ2v) is 7.15. The summed E-state index contributed by atoms with van der Waals surface area (Å²) in [5.41, 5.74) is 0.339. The van der Waals surface area contributed by atoms with Crippen LogP contribution in [0.4, 0.5) is 0 Å². The molecule has 0 aliphatic carbocycles. The van der Waals surface area contributed by atoms with Gasteiger partial charge in [0.2, 0.25) is 5.91 Å². The topological polar surface area (TPSA) is 79.3 Å². The van der Waals surface area contributed by atoms with E-state index in [2.05, 4.69) is 35.7 Å². The molecule has 0 fully saturated rings. The van der Waals surface area contributed by atoms with E-state index in [4.69, 9.17) is 0 Å². The first kappa shape index (κ1) is 17.3. The van der Waals surface area contributed by atoms with Crippen LogP contribution in [0.2, 0.25) is 0 Å². The fourth-order valence-corrected chi connectivity index (χ4v) is 3.77. The van der Waals surface area contributed by atoms with Gasteiger partial charge in [-0.2, -0.15) is 5.10 Å². The van der Waals surface area contributed by atoms with Gasteiger partial charge in [-0.15, -0.1) is 11.3 Å². The molecule has 130 valence electrons. The molecule has 7 heteroatoms. The first-order valence-electron chi connectivity index (χ1n) is 8.12. The lowest BCUT2D eigenvalue weighted by Crippen LogP contribution is -3.06. The third kappa shape index (κ3) is 3.94. The number of quaternary nitrogens is 1. The van der Waals surface area contributed by atoms with Gasteiger partial charge in [0.05, 0.1) is 43.0 Å². The van der Waals surface area contributed by atoms with Crippen molar-refractivity contribution in [3.63, 3.8) is 0 Å². The van der Waals surface area contributed by atoms with Gasteiger partial charge in [-0.1, -0.05) is 24.3 Å². The molecule has 3 N–H and O–H groups in total. The molecule has 0 bridgehead atoms. The first-order valence-corrected chi connectivity index (χ1v) is 9.00. The Morgan fingerprint density at radius 1 is 1.24 bits per heavy atom. The number of hydrogen-bond donors (Lipinski definition) is 3. The fraction of sp³-hybridized carbons (Fsp3) is 0.278. The second-order valence-electron chi connectivity index (χ2n) is 6.17. The molecule has 1 aromatic carbocycles. The largest absolute Gasteiger partial charge is 0.349 e. The number of amides is 1. The Hall–Kier alpha value is -2.51. The Labute approximate surface area is 149 Å². The van der Waals surface area contributed by atoms with E-state index in [1.807, 2.05) is 23.6 Å². The van der Waals surface area contributed by atoms with Gasteiger partial charge in [0, 0.05) is 5.39 Å². The van der Waals surface area contributed by atoms with E-state index in [0.717, 1.165) is 5.39 Å². The van der Waals surface area contributed by atoms with Gasteiger partial charge in [0.25, 0.3) is 5.56 Å². The Balaban J connectivity index is 1.71. The van der Waals surface area contributed by atoms with Crippen LogP contribution < -0.4 is 15.8 Å². The van der Waals surface area contributed by atoms with Crippen molar-refractivity contribution < 1.29 is 9.69 Å². The van der Waals surface area contributed by atoms with Gasteiger partial charge in [-0.25, -0.2) is 5.10 Å². The normalized spacial score (nSPS) is 12.4. The molecular formula is C18H21N4O2S+. The third-order valence-corrected chi connectivity index (χ3v) is 5.18. The summed E-state index contributed by atoms with van der Waals surface area (Å²) in [4.78, 5) is 26.7. The van der Waals surface area contributed by atoms with Gasteiger partial charge >= 0.3 is 0 Å². The van der Waals surface area contributed by atoms with Crippen LogP contribution >= 0.6 is 11.3 Å². The number of thiophene rings is 1. The number of aromatic amines is 1. The molecule has 3 rings (SSSR count). The number of hydrogen-bond acceptors (Lipinski definition) is 4. The van der Waals surface area contributed by atoms with E-state index in [-0.39, 0.29) is 23.9 Å². The molecular weight excluding hydrogens is 336 g/mol. The Bertz CT molecular complexity index is 918. The summed E-state index contributed by atoms with van der Waals surface area (Å²) in [6.07, 6.45) is 0.136. The van der Waals surface area contributed by atoms with Crippen molar-refractivity contribution in [3.8, 4) is 0 Å². The number of H-pyrrole nitrogens is 1. The first-order chi connectivity index (χ1) is 12.1. The van der Waals surface area contributed by atoms with Crippen molar-refractivity contribution in [2.45, 2.75) is 12.5 Å². The zero-order chi connectivity index (χ0) is 17.8. The van der Waals surface area contributed by atoms with Crippen molar-refractivity contribution in [2.75, 3.05) is 20.6 Å². The molecule has 6 nitrogen and oxygen atoms in total. The maximum Gasteiger partial charge on any atom is 0.272 e. The van der Waals surface area contributed by atoms with E-state index >= 15 is 0 Å². The second kappa shape index (κ2) is 7.58. The van der Waals surface area contributed by atoms with Crippen LogP contribution in [-0.4, -0.2) is 36.7 Å². The minimum atomic E-state index is -0.242. The Morgan fingerprint density at radius 2 is 2.00 bits per heavy atom. The number of likely N-dealkylation sites (N-methyl/N-ethyl adjacent to an activating group) is 1. The zero-order valence-electron chi connectivity index (χ0n) is 14.2. The SMILES string of the molecule is C[NH+](C)[C@H](CNC(=O)Cc1n[nH]c(=O)c2ccccc12)c1cccs1. The molecule has 0 spiro atoms. The quantitative estimate of drug-likeness (QED) is 0.602. The van der Waals surface area contributed by atoms with Crippen LogP contribution in [0.15, 0.2) is 46.6 Å². The van der Waals surface area contributed by atoms with Crippen molar-refractivity contribution >= 4 is 28.0 Å². The summed E-state index contributed by atoms with van der Waals surface area (Å²) in [5.74, 6) is -0.104. The van der Waals surface area contributed by atoms with Gasteiger partial charge in [-0.3, -0.25) is 9.59 Å². The standard InChI is InChI=1S/C18H20N4O2S/c1-22(2)15(16-8-5-9-25-16)11-19-17(23)10-14-12-6-3-4-7-13(12)18(24)21-20-14/h3-9,15H,10-11H2,1-2H3,(H,19,23)(H,21,24)/p+1/t15-/m1/s1. The monoisotopic (exact) mass is 357 g/mol. The minimum Gasteiger partial charge on any atom is -0.349 e. The molecule has 3 aromatic rings. The van der Waals surface area contributed by atoms with E-state index in [1.54, 1.807) is 23.5 Å². The number of nitrogens with zero attached hydrogens (tertiary/aromatic N) is 1. The molecule has 2 aromatic heterocycles. The molecule has 0 aliphatic rings. The molecule has 0 aliphatic heterocycles. The van der Waals surface area contributed by atoms with Gasteiger partial charge < -0.3 is 10.2 Å². The van der Waals surface area contributed by atoms with Gasteiger partial charge in [-0.05, 0) is 17.5 Å². The number of nitrogens with one attached hydrogen (secondary N) is 3. The lowest BCUT2D eigenvalue weighted by molar-refractivity contribution is -0.890. The Morgan fingerprint density at radius 3 is 2.68 bits per heavy atom. The summed E-state index contributed by atoms with van der Waals surface area (Å²) in [6, 6.07) is 11.5. The van der Waals surface area contributed by atoms with Crippen molar-refractivity contribution in [1.29, 1.82) is 0 Å². The van der Waals surface area contributed by atoms with Crippen molar-refractivity contribution in [1.82, 2.24) is 15.5 Å². The van der Waals surface area contributed by atoms with E-state index in [1.165, 1.54) is 9.78 Å². The fourth-order valence-electron chi connectivity index (χ4n) is 2.82. The lowest BCUT2D eigenvalue weighted by atomic mass is 10.1. The number of carbonyl (C=O) groups is 1. The van der Waals surface area contributed by atoms with E-state index in [9.17, 15) is 9.59 Å². The molecule has 1 amide bonds.